The van der Waals surface area contributed by atoms with Crippen LogP contribution in [0.15, 0.2) is 18.2 Å². The Balaban J connectivity index is 1.98. The van der Waals surface area contributed by atoms with E-state index in [0.717, 1.165) is 10.6 Å². The van der Waals surface area contributed by atoms with Crippen LogP contribution in [0.2, 0.25) is 0 Å². The van der Waals surface area contributed by atoms with Crippen LogP contribution in [0.3, 0.4) is 0 Å². The largest absolute Gasteiger partial charge is 0.397 e. The molecular weight excluding hydrogens is 309 g/mol. The fourth-order valence-corrected chi connectivity index (χ4v) is 3.82. The number of aryl methyl sites for hydroxylation is 2. The average Bonchev–Trinajstić information content (AvgIpc) is 2.92. The van der Waals surface area contributed by atoms with Gasteiger partial charge in [0, 0.05) is 9.58 Å². The number of anilines is 2. The summed E-state index contributed by atoms with van der Waals surface area (Å²) in [6.07, 6.45) is 0. The molecular formula is C14H12FN3OS2. The zero-order chi connectivity index (χ0) is 15.1. The Hall–Kier alpha value is -1.99. The SMILES string of the molecule is Cc1nc(NC(=O)c2sc3cccc(F)c3c2N)sc1C. The molecule has 0 unspecified atom stereocenters. The maximum absolute atomic E-state index is 13.8. The summed E-state index contributed by atoms with van der Waals surface area (Å²) in [6.45, 7) is 3.82. The van der Waals surface area contributed by atoms with Gasteiger partial charge in [-0.1, -0.05) is 6.07 Å². The molecule has 3 aromatic rings. The molecule has 3 rings (SSSR count). The zero-order valence-corrected chi connectivity index (χ0v) is 13.0. The fraction of sp³-hybridized carbons (Fsp3) is 0.143. The van der Waals surface area contributed by atoms with Gasteiger partial charge in [-0.25, -0.2) is 9.37 Å². The normalized spacial score (nSPS) is 11.0. The summed E-state index contributed by atoms with van der Waals surface area (Å²) in [6, 6.07) is 4.68. The lowest BCUT2D eigenvalue weighted by Gasteiger charge is -2.00. The first-order valence-electron chi connectivity index (χ1n) is 6.19. The number of thiophene rings is 1. The van der Waals surface area contributed by atoms with Crippen molar-refractivity contribution in [2.45, 2.75) is 13.8 Å². The van der Waals surface area contributed by atoms with Gasteiger partial charge in [0.25, 0.3) is 5.91 Å². The van der Waals surface area contributed by atoms with Gasteiger partial charge in [0.15, 0.2) is 5.13 Å². The van der Waals surface area contributed by atoms with Gasteiger partial charge in [0.05, 0.1) is 16.8 Å². The van der Waals surface area contributed by atoms with E-state index >= 15 is 0 Å². The van der Waals surface area contributed by atoms with Gasteiger partial charge in [-0.05, 0) is 26.0 Å². The lowest BCUT2D eigenvalue weighted by atomic mass is 10.2. The molecule has 1 aromatic carbocycles. The summed E-state index contributed by atoms with van der Waals surface area (Å²) in [5, 5.41) is 3.54. The Labute approximate surface area is 128 Å². The number of rotatable bonds is 2. The van der Waals surface area contributed by atoms with Crippen molar-refractivity contribution in [2.75, 3.05) is 11.1 Å². The highest BCUT2D eigenvalue weighted by atomic mass is 32.1. The molecule has 4 nitrogen and oxygen atoms in total. The van der Waals surface area contributed by atoms with Crippen LogP contribution in [0.1, 0.15) is 20.2 Å². The Kier molecular flexibility index (Phi) is 3.38. The summed E-state index contributed by atoms with van der Waals surface area (Å²) in [5.74, 6) is -0.775. The molecule has 0 bridgehead atoms. The number of nitrogens with one attached hydrogen (secondary N) is 1. The van der Waals surface area contributed by atoms with Crippen molar-refractivity contribution < 1.29 is 9.18 Å². The molecule has 0 aliphatic carbocycles. The molecule has 3 N–H and O–H groups in total. The highest BCUT2D eigenvalue weighted by molar-refractivity contribution is 7.22. The molecule has 7 heteroatoms. The van der Waals surface area contributed by atoms with Crippen molar-refractivity contribution in [3.8, 4) is 0 Å². The second kappa shape index (κ2) is 5.09. The van der Waals surface area contributed by atoms with Gasteiger partial charge in [-0.2, -0.15) is 0 Å². The van der Waals surface area contributed by atoms with Crippen molar-refractivity contribution in [2.24, 2.45) is 0 Å². The maximum Gasteiger partial charge on any atom is 0.269 e. The number of hydrogen-bond acceptors (Lipinski definition) is 5. The van der Waals surface area contributed by atoms with E-state index in [9.17, 15) is 9.18 Å². The third-order valence-electron chi connectivity index (χ3n) is 3.16. The second-order valence-electron chi connectivity index (χ2n) is 4.57. The smallest absolute Gasteiger partial charge is 0.269 e. The summed E-state index contributed by atoms with van der Waals surface area (Å²) >= 11 is 2.58. The highest BCUT2D eigenvalue weighted by Gasteiger charge is 2.19. The molecule has 0 aliphatic heterocycles. The molecule has 1 amide bonds. The third-order valence-corrected chi connectivity index (χ3v) is 5.31. The molecule has 0 saturated heterocycles. The van der Waals surface area contributed by atoms with Gasteiger partial charge in [0.2, 0.25) is 0 Å². The average molecular weight is 321 g/mol. The second-order valence-corrected chi connectivity index (χ2v) is 6.83. The molecule has 0 atom stereocenters. The first-order valence-corrected chi connectivity index (χ1v) is 7.82. The van der Waals surface area contributed by atoms with Gasteiger partial charge in [-0.3, -0.25) is 10.1 Å². The molecule has 0 spiro atoms. The van der Waals surface area contributed by atoms with E-state index in [0.29, 0.717) is 20.1 Å². The number of benzene rings is 1. The van der Waals surface area contributed by atoms with E-state index in [2.05, 4.69) is 10.3 Å². The number of nitrogens with zero attached hydrogens (tertiary/aromatic N) is 1. The van der Waals surface area contributed by atoms with Crippen LogP contribution >= 0.6 is 22.7 Å². The predicted octanol–water partition coefficient (Wildman–Crippen LogP) is 3.95. The number of nitrogens with two attached hydrogens (primary N) is 1. The van der Waals surface area contributed by atoms with Crippen molar-refractivity contribution in [1.82, 2.24) is 4.98 Å². The van der Waals surface area contributed by atoms with Gasteiger partial charge < -0.3 is 5.73 Å². The summed E-state index contributed by atoms with van der Waals surface area (Å²) in [4.78, 5) is 17.9. The predicted molar refractivity (Wildman–Crippen MR) is 85.7 cm³/mol. The molecule has 21 heavy (non-hydrogen) atoms. The van der Waals surface area contributed by atoms with Crippen molar-refractivity contribution in [1.29, 1.82) is 0 Å². The quantitative estimate of drug-likeness (QED) is 0.751. The van der Waals surface area contributed by atoms with Crippen LogP contribution in [0.5, 0.6) is 0 Å². The number of aromatic nitrogens is 1. The van der Waals surface area contributed by atoms with Gasteiger partial charge in [-0.15, -0.1) is 22.7 Å². The van der Waals surface area contributed by atoms with E-state index in [1.54, 1.807) is 12.1 Å². The van der Waals surface area contributed by atoms with Gasteiger partial charge >= 0.3 is 0 Å². The number of carbonyl (C=O) groups is 1. The van der Waals surface area contributed by atoms with Crippen LogP contribution in [-0.2, 0) is 0 Å². The number of thiazole rings is 1. The Bertz CT molecular complexity index is 834. The maximum atomic E-state index is 13.8. The van der Waals surface area contributed by atoms with E-state index in [1.807, 2.05) is 13.8 Å². The van der Waals surface area contributed by atoms with E-state index in [-0.39, 0.29) is 11.6 Å². The fourth-order valence-electron chi connectivity index (χ4n) is 1.98. The standard InChI is InChI=1S/C14H12FN3OS2/c1-6-7(2)20-14(17-6)18-13(19)12-11(16)10-8(15)4-3-5-9(10)21-12/h3-5H,16H2,1-2H3,(H,17,18,19). The summed E-state index contributed by atoms with van der Waals surface area (Å²) in [7, 11) is 0. The topological polar surface area (TPSA) is 68.0 Å². The molecule has 0 saturated carbocycles. The van der Waals surface area contributed by atoms with Crippen molar-refractivity contribution in [3.05, 3.63) is 39.5 Å². The van der Waals surface area contributed by atoms with E-state index in [1.165, 1.54) is 28.7 Å². The van der Waals surface area contributed by atoms with Crippen LogP contribution in [-0.4, -0.2) is 10.9 Å². The summed E-state index contributed by atoms with van der Waals surface area (Å²) < 4.78 is 14.4. The minimum Gasteiger partial charge on any atom is -0.397 e. The van der Waals surface area contributed by atoms with Crippen LogP contribution < -0.4 is 11.1 Å². The van der Waals surface area contributed by atoms with E-state index < -0.39 is 5.82 Å². The molecule has 2 heterocycles. The Morgan fingerprint density at radius 1 is 1.33 bits per heavy atom. The van der Waals surface area contributed by atoms with Crippen LogP contribution in [0, 0.1) is 19.7 Å². The number of halogens is 1. The van der Waals surface area contributed by atoms with E-state index in [4.69, 9.17) is 5.73 Å². The lowest BCUT2D eigenvalue weighted by molar-refractivity contribution is 0.103. The van der Waals surface area contributed by atoms with Gasteiger partial charge in [0.1, 0.15) is 10.7 Å². The number of fused-ring (bicyclic) bond motifs is 1. The number of amides is 1. The number of nitrogen functional groups attached to an aromatic ring is 1. The van der Waals surface area contributed by atoms with Crippen molar-refractivity contribution >= 4 is 49.5 Å². The van der Waals surface area contributed by atoms with Crippen molar-refractivity contribution in [3.63, 3.8) is 0 Å². The minimum atomic E-state index is -0.416. The third kappa shape index (κ3) is 2.38. The molecule has 0 radical (unpaired) electrons. The molecule has 0 fully saturated rings. The molecule has 2 aromatic heterocycles. The Morgan fingerprint density at radius 3 is 2.71 bits per heavy atom. The van der Waals surface area contributed by atoms with Crippen LogP contribution in [0.25, 0.3) is 10.1 Å². The first-order chi connectivity index (χ1) is 9.97. The first kappa shape index (κ1) is 14.0. The number of hydrogen-bond donors (Lipinski definition) is 2. The number of carbonyl (C=O) groups excluding carboxylic acids is 1. The monoisotopic (exact) mass is 321 g/mol. The Morgan fingerprint density at radius 2 is 2.10 bits per heavy atom. The lowest BCUT2D eigenvalue weighted by Crippen LogP contribution is -2.11. The zero-order valence-electron chi connectivity index (χ0n) is 11.4. The van der Waals surface area contributed by atoms with Crippen LogP contribution in [0.4, 0.5) is 15.2 Å². The minimum absolute atomic E-state index is 0.176. The molecule has 0 aliphatic rings. The summed E-state index contributed by atoms with van der Waals surface area (Å²) in [5.41, 5.74) is 6.98. The molecule has 108 valence electrons. The highest BCUT2D eigenvalue weighted by Crippen LogP contribution is 2.36.